The fourth-order valence-corrected chi connectivity index (χ4v) is 2.54. The van der Waals surface area contributed by atoms with E-state index in [1.807, 2.05) is 0 Å². The lowest BCUT2D eigenvalue weighted by atomic mass is 9.91. The highest BCUT2D eigenvalue weighted by Crippen LogP contribution is 2.33. The first-order valence-corrected chi connectivity index (χ1v) is 6.65. The molecule has 1 saturated carbocycles. The number of hydrogen-bond acceptors (Lipinski definition) is 2. The Labute approximate surface area is 111 Å². The second-order valence-electron chi connectivity index (χ2n) is 3.93. The molecule has 1 aliphatic carbocycles. The molecular formula is C11H13Cl3N2. The summed E-state index contributed by atoms with van der Waals surface area (Å²) in [5.74, 6) is 1.38. The lowest BCUT2D eigenvalue weighted by Gasteiger charge is -2.38. The van der Waals surface area contributed by atoms with Crippen molar-refractivity contribution < 1.29 is 0 Å². The van der Waals surface area contributed by atoms with E-state index in [0.29, 0.717) is 22.0 Å². The van der Waals surface area contributed by atoms with Gasteiger partial charge in [-0.3, -0.25) is 0 Å². The van der Waals surface area contributed by atoms with Gasteiger partial charge in [-0.25, -0.2) is 4.98 Å². The summed E-state index contributed by atoms with van der Waals surface area (Å²) >= 11 is 17.8. The molecule has 1 fully saturated rings. The Balaban J connectivity index is 2.23. The largest absolute Gasteiger partial charge is 0.351 e. The predicted molar refractivity (Wildman–Crippen MR) is 70.0 cm³/mol. The molecule has 0 aromatic carbocycles. The zero-order valence-corrected chi connectivity index (χ0v) is 11.1. The van der Waals surface area contributed by atoms with E-state index in [4.69, 9.17) is 34.8 Å². The SMILES string of the molecule is ClCCN(c1ncc(Cl)cc1Cl)C1CCC1. The van der Waals surface area contributed by atoms with E-state index in [0.717, 1.165) is 12.4 Å². The maximum Gasteiger partial charge on any atom is 0.147 e. The molecule has 2 rings (SSSR count). The van der Waals surface area contributed by atoms with Crippen LogP contribution >= 0.6 is 34.8 Å². The van der Waals surface area contributed by atoms with Crippen molar-refractivity contribution in [3.8, 4) is 0 Å². The van der Waals surface area contributed by atoms with Crippen LogP contribution in [0.15, 0.2) is 12.3 Å². The molecule has 0 unspecified atom stereocenters. The summed E-state index contributed by atoms with van der Waals surface area (Å²) in [7, 11) is 0. The lowest BCUT2D eigenvalue weighted by Crippen LogP contribution is -2.42. The normalized spacial score (nSPS) is 15.9. The van der Waals surface area contributed by atoms with E-state index < -0.39 is 0 Å². The molecule has 0 N–H and O–H groups in total. The summed E-state index contributed by atoms with van der Waals surface area (Å²) in [5.41, 5.74) is 0. The van der Waals surface area contributed by atoms with Crippen molar-refractivity contribution in [2.45, 2.75) is 25.3 Å². The van der Waals surface area contributed by atoms with Gasteiger partial charge in [0.2, 0.25) is 0 Å². The molecule has 1 aromatic heterocycles. The van der Waals surface area contributed by atoms with Gasteiger partial charge in [0.1, 0.15) is 5.82 Å². The molecule has 1 aliphatic rings. The molecule has 0 spiro atoms. The van der Waals surface area contributed by atoms with Crippen LogP contribution in [0.4, 0.5) is 5.82 Å². The van der Waals surface area contributed by atoms with Crippen molar-refractivity contribution >= 4 is 40.6 Å². The highest BCUT2D eigenvalue weighted by molar-refractivity contribution is 6.36. The molecular weight excluding hydrogens is 266 g/mol. The Morgan fingerprint density at radius 3 is 2.62 bits per heavy atom. The average molecular weight is 280 g/mol. The number of nitrogens with zero attached hydrogens (tertiary/aromatic N) is 2. The van der Waals surface area contributed by atoms with Gasteiger partial charge in [0, 0.05) is 24.7 Å². The van der Waals surface area contributed by atoms with Crippen LogP contribution in [0.25, 0.3) is 0 Å². The summed E-state index contributed by atoms with van der Waals surface area (Å²) in [6.07, 6.45) is 5.28. The lowest BCUT2D eigenvalue weighted by molar-refractivity contribution is 0.389. The second kappa shape index (κ2) is 5.44. The average Bonchev–Trinajstić information content (AvgIpc) is 2.14. The fourth-order valence-electron chi connectivity index (χ4n) is 1.87. The van der Waals surface area contributed by atoms with Gasteiger partial charge in [0.15, 0.2) is 0 Å². The monoisotopic (exact) mass is 278 g/mol. The summed E-state index contributed by atoms with van der Waals surface area (Å²) < 4.78 is 0. The molecule has 1 heterocycles. The summed E-state index contributed by atoms with van der Waals surface area (Å²) in [4.78, 5) is 6.49. The van der Waals surface area contributed by atoms with Gasteiger partial charge in [-0.05, 0) is 25.3 Å². The molecule has 0 amide bonds. The van der Waals surface area contributed by atoms with E-state index in [1.165, 1.54) is 19.3 Å². The van der Waals surface area contributed by atoms with Crippen LogP contribution in [0.3, 0.4) is 0 Å². The van der Waals surface area contributed by atoms with Crippen LogP contribution in [0.1, 0.15) is 19.3 Å². The minimum atomic E-state index is 0.532. The van der Waals surface area contributed by atoms with E-state index in [-0.39, 0.29) is 0 Å². The predicted octanol–water partition coefficient (Wildman–Crippen LogP) is 3.99. The number of rotatable bonds is 4. The first-order chi connectivity index (χ1) is 7.72. The van der Waals surface area contributed by atoms with Crippen molar-refractivity contribution in [2.24, 2.45) is 0 Å². The molecule has 1 aromatic rings. The van der Waals surface area contributed by atoms with Gasteiger partial charge in [0.05, 0.1) is 10.0 Å². The van der Waals surface area contributed by atoms with Crippen LogP contribution in [-0.2, 0) is 0 Å². The fraction of sp³-hybridized carbons (Fsp3) is 0.545. The zero-order chi connectivity index (χ0) is 11.5. The molecule has 0 atom stereocenters. The number of halogens is 3. The molecule has 0 bridgehead atoms. The molecule has 0 aliphatic heterocycles. The van der Waals surface area contributed by atoms with Crippen molar-refractivity contribution in [1.82, 2.24) is 4.98 Å². The minimum absolute atomic E-state index is 0.532. The van der Waals surface area contributed by atoms with Crippen molar-refractivity contribution in [3.05, 3.63) is 22.3 Å². The Morgan fingerprint density at radius 2 is 2.12 bits per heavy atom. The number of aromatic nitrogens is 1. The molecule has 2 nitrogen and oxygen atoms in total. The van der Waals surface area contributed by atoms with E-state index in [1.54, 1.807) is 12.3 Å². The van der Waals surface area contributed by atoms with Crippen LogP contribution in [0.2, 0.25) is 10.0 Å². The molecule has 88 valence electrons. The van der Waals surface area contributed by atoms with Gasteiger partial charge < -0.3 is 4.90 Å². The second-order valence-corrected chi connectivity index (χ2v) is 5.15. The zero-order valence-electron chi connectivity index (χ0n) is 8.80. The van der Waals surface area contributed by atoms with E-state index >= 15 is 0 Å². The highest BCUT2D eigenvalue weighted by atomic mass is 35.5. The van der Waals surface area contributed by atoms with Crippen LogP contribution in [-0.4, -0.2) is 23.5 Å². The third-order valence-electron chi connectivity index (χ3n) is 2.90. The first kappa shape index (κ1) is 12.3. The van der Waals surface area contributed by atoms with Gasteiger partial charge >= 0.3 is 0 Å². The summed E-state index contributed by atoms with van der Waals surface area (Å²) in [5, 5.41) is 1.16. The Morgan fingerprint density at radius 1 is 1.38 bits per heavy atom. The third kappa shape index (κ3) is 2.55. The number of pyridine rings is 1. The smallest absolute Gasteiger partial charge is 0.147 e. The van der Waals surface area contributed by atoms with Gasteiger partial charge in [0.25, 0.3) is 0 Å². The summed E-state index contributed by atoms with van der Waals surface area (Å²) in [6.45, 7) is 0.778. The molecule has 16 heavy (non-hydrogen) atoms. The van der Waals surface area contributed by atoms with Gasteiger partial charge in [-0.1, -0.05) is 23.2 Å². The van der Waals surface area contributed by atoms with Crippen molar-refractivity contribution in [1.29, 1.82) is 0 Å². The van der Waals surface area contributed by atoms with Crippen LogP contribution in [0.5, 0.6) is 0 Å². The van der Waals surface area contributed by atoms with Gasteiger partial charge in [-0.2, -0.15) is 0 Å². The van der Waals surface area contributed by atoms with Crippen LogP contribution in [0, 0.1) is 0 Å². The maximum atomic E-state index is 6.15. The van der Waals surface area contributed by atoms with Crippen LogP contribution < -0.4 is 4.90 Å². The van der Waals surface area contributed by atoms with Gasteiger partial charge in [-0.15, -0.1) is 11.6 Å². The summed E-state index contributed by atoms with van der Waals surface area (Å²) in [6, 6.07) is 2.26. The van der Waals surface area contributed by atoms with E-state index in [9.17, 15) is 0 Å². The number of anilines is 1. The standard InChI is InChI=1S/C11H13Cl3N2/c12-4-5-16(9-2-1-3-9)11-10(14)6-8(13)7-15-11/h6-7,9H,1-5H2. The Bertz CT molecular complexity index is 366. The number of alkyl halides is 1. The molecule has 0 radical (unpaired) electrons. The molecule has 5 heteroatoms. The Kier molecular flexibility index (Phi) is 4.17. The topological polar surface area (TPSA) is 16.1 Å². The Hall–Kier alpha value is -0.180. The van der Waals surface area contributed by atoms with Crippen molar-refractivity contribution in [2.75, 3.05) is 17.3 Å². The number of hydrogen-bond donors (Lipinski definition) is 0. The maximum absolute atomic E-state index is 6.15. The highest BCUT2D eigenvalue weighted by Gasteiger charge is 2.26. The first-order valence-electron chi connectivity index (χ1n) is 5.36. The van der Waals surface area contributed by atoms with E-state index in [2.05, 4.69) is 9.88 Å². The van der Waals surface area contributed by atoms with Crippen molar-refractivity contribution in [3.63, 3.8) is 0 Å². The minimum Gasteiger partial charge on any atom is -0.351 e. The molecule has 0 saturated heterocycles. The quantitative estimate of drug-likeness (QED) is 0.775. The third-order valence-corrected chi connectivity index (χ3v) is 3.56.